The number of aryl methyl sites for hydroxylation is 2. The van der Waals surface area contributed by atoms with Gasteiger partial charge in [0.1, 0.15) is 18.5 Å². The van der Waals surface area contributed by atoms with E-state index in [1.807, 2.05) is 61.5 Å². The molecule has 1 unspecified atom stereocenters. The Labute approximate surface area is 195 Å². The zero-order valence-corrected chi connectivity index (χ0v) is 19.2. The molecule has 0 radical (unpaired) electrons. The van der Waals surface area contributed by atoms with Gasteiger partial charge in [-0.05, 0) is 30.2 Å². The minimum atomic E-state index is -0.960. The Balaban J connectivity index is 1.66. The molecule has 2 heterocycles. The van der Waals surface area contributed by atoms with Crippen molar-refractivity contribution in [1.82, 2.24) is 18.7 Å². The number of benzene rings is 2. The summed E-state index contributed by atoms with van der Waals surface area (Å²) in [5.41, 5.74) is 4.10. The summed E-state index contributed by atoms with van der Waals surface area (Å²) in [6.07, 6.45) is 0.650. The highest BCUT2D eigenvalue weighted by atomic mass is 16.5. The fraction of sp³-hybridized carbons (Fsp3) is 0.250. The summed E-state index contributed by atoms with van der Waals surface area (Å²) in [6, 6.07) is 17.0. The smallest absolute Gasteiger partial charge is 0.332 e. The van der Waals surface area contributed by atoms with Crippen LogP contribution in [-0.2, 0) is 20.6 Å². The minimum absolute atomic E-state index is 0.00104. The van der Waals surface area contributed by atoms with Gasteiger partial charge >= 0.3 is 5.69 Å². The van der Waals surface area contributed by atoms with Crippen LogP contribution in [0.15, 0.2) is 69.3 Å². The normalized spacial score (nSPS) is 12.4. The molecule has 4 aromatic rings. The second-order valence-corrected chi connectivity index (χ2v) is 7.99. The molecule has 2 aromatic carbocycles. The zero-order valence-electron chi connectivity index (χ0n) is 19.2. The maximum atomic E-state index is 12.9. The van der Waals surface area contributed by atoms with Crippen molar-refractivity contribution in [2.75, 3.05) is 12.0 Å². The van der Waals surface area contributed by atoms with Crippen molar-refractivity contribution >= 4 is 23.3 Å². The Morgan fingerprint density at radius 1 is 1.12 bits per heavy atom. The van der Waals surface area contributed by atoms with Crippen molar-refractivity contribution in [3.05, 3.63) is 86.6 Å². The highest BCUT2D eigenvalue weighted by Crippen LogP contribution is 2.18. The van der Waals surface area contributed by atoms with Gasteiger partial charge in [-0.3, -0.25) is 13.9 Å². The van der Waals surface area contributed by atoms with E-state index in [-0.39, 0.29) is 30.3 Å². The second kappa shape index (κ2) is 9.75. The van der Waals surface area contributed by atoms with Crippen LogP contribution in [0.5, 0.6) is 5.75 Å². The van der Waals surface area contributed by atoms with Crippen LogP contribution in [-0.4, -0.2) is 42.7 Å². The third kappa shape index (κ3) is 4.76. The zero-order chi connectivity index (χ0) is 24.2. The van der Waals surface area contributed by atoms with E-state index < -0.39 is 17.4 Å². The third-order valence-corrected chi connectivity index (χ3v) is 5.35. The van der Waals surface area contributed by atoms with Crippen LogP contribution in [0.2, 0.25) is 0 Å². The number of nitrogens with one attached hydrogen (secondary N) is 1. The monoisotopic (exact) mass is 462 g/mol. The molecule has 0 bridgehead atoms. The van der Waals surface area contributed by atoms with Crippen LogP contribution < -0.4 is 21.4 Å². The Morgan fingerprint density at radius 3 is 2.62 bits per heavy atom. The van der Waals surface area contributed by atoms with Crippen molar-refractivity contribution in [2.24, 2.45) is 19.2 Å². The van der Waals surface area contributed by atoms with Gasteiger partial charge in [0, 0.05) is 14.1 Å². The van der Waals surface area contributed by atoms with Gasteiger partial charge in [0.2, 0.25) is 5.95 Å². The quantitative estimate of drug-likeness (QED) is 0.304. The fourth-order valence-electron chi connectivity index (χ4n) is 3.57. The van der Waals surface area contributed by atoms with Crippen LogP contribution in [0.25, 0.3) is 11.2 Å². The molecule has 2 N–H and O–H groups in total. The number of rotatable bonds is 8. The number of aromatic nitrogens is 4. The Kier molecular flexibility index (Phi) is 6.60. The number of aliphatic hydroxyl groups excluding tert-OH is 1. The molecular weight excluding hydrogens is 436 g/mol. The van der Waals surface area contributed by atoms with Crippen LogP contribution in [0, 0.1) is 6.92 Å². The lowest BCUT2D eigenvalue weighted by molar-refractivity contribution is 0.0938. The van der Waals surface area contributed by atoms with Crippen molar-refractivity contribution < 1.29 is 9.84 Å². The lowest BCUT2D eigenvalue weighted by Gasteiger charge is -2.15. The summed E-state index contributed by atoms with van der Waals surface area (Å²) < 4.78 is 9.52. The van der Waals surface area contributed by atoms with Crippen molar-refractivity contribution in [3.63, 3.8) is 0 Å². The van der Waals surface area contributed by atoms with Gasteiger partial charge in [-0.2, -0.15) is 10.1 Å². The molecule has 4 rings (SSSR count). The van der Waals surface area contributed by atoms with E-state index in [4.69, 9.17) is 4.74 Å². The van der Waals surface area contributed by atoms with Gasteiger partial charge in [-0.15, -0.1) is 0 Å². The van der Waals surface area contributed by atoms with Crippen molar-refractivity contribution in [1.29, 1.82) is 0 Å². The van der Waals surface area contributed by atoms with Crippen molar-refractivity contribution in [3.8, 4) is 5.75 Å². The number of hydrogen-bond donors (Lipinski definition) is 2. The minimum Gasteiger partial charge on any atom is -0.491 e. The first kappa shape index (κ1) is 23.0. The van der Waals surface area contributed by atoms with Gasteiger partial charge in [0.15, 0.2) is 11.2 Å². The molecule has 10 nitrogen and oxygen atoms in total. The summed E-state index contributed by atoms with van der Waals surface area (Å²) in [5, 5.41) is 14.9. The first-order valence-corrected chi connectivity index (χ1v) is 10.7. The van der Waals surface area contributed by atoms with Gasteiger partial charge in [-0.25, -0.2) is 10.2 Å². The highest BCUT2D eigenvalue weighted by Gasteiger charge is 2.21. The molecule has 10 heteroatoms. The Morgan fingerprint density at radius 2 is 1.88 bits per heavy atom. The number of imidazole rings is 1. The predicted molar refractivity (Wildman–Crippen MR) is 131 cm³/mol. The predicted octanol–water partition coefficient (Wildman–Crippen LogP) is 1.63. The first-order chi connectivity index (χ1) is 16.3. The number of anilines is 1. The fourth-order valence-corrected chi connectivity index (χ4v) is 3.57. The van der Waals surface area contributed by atoms with Gasteiger partial charge < -0.3 is 14.4 Å². The summed E-state index contributed by atoms with van der Waals surface area (Å²) in [4.78, 5) is 29.8. The second-order valence-electron chi connectivity index (χ2n) is 7.99. The number of hydrazone groups is 1. The molecule has 1 atom stereocenters. The largest absolute Gasteiger partial charge is 0.491 e. The van der Waals surface area contributed by atoms with Crippen LogP contribution in [0.4, 0.5) is 5.95 Å². The van der Waals surface area contributed by atoms with Gasteiger partial charge in [-0.1, -0.05) is 42.5 Å². The molecule has 0 saturated heterocycles. The molecule has 0 saturated carbocycles. The number of ether oxygens (including phenoxy) is 1. The van der Waals surface area contributed by atoms with Gasteiger partial charge in [0.05, 0.1) is 12.8 Å². The SMILES string of the molecule is Cc1cccc(OCC(O)Cn2c(NN=Cc3ccccc3)nc3c2c(=O)n(C)c(=O)n3C)c1. The lowest BCUT2D eigenvalue weighted by Crippen LogP contribution is -2.38. The molecule has 2 aromatic heterocycles. The molecule has 34 heavy (non-hydrogen) atoms. The maximum absolute atomic E-state index is 12.9. The van der Waals surface area contributed by atoms with E-state index in [9.17, 15) is 14.7 Å². The molecule has 0 spiro atoms. The van der Waals surface area contributed by atoms with E-state index in [1.165, 1.54) is 23.2 Å². The summed E-state index contributed by atoms with van der Waals surface area (Å²) >= 11 is 0. The number of hydrogen-bond acceptors (Lipinski definition) is 7. The highest BCUT2D eigenvalue weighted by molar-refractivity contribution is 5.80. The molecule has 176 valence electrons. The van der Waals surface area contributed by atoms with Crippen LogP contribution >= 0.6 is 0 Å². The average Bonchev–Trinajstić information content (AvgIpc) is 3.19. The molecule has 0 aliphatic carbocycles. The summed E-state index contributed by atoms with van der Waals surface area (Å²) in [6.45, 7) is 1.95. The Bertz CT molecular complexity index is 1450. The topological polar surface area (TPSA) is 116 Å². The molecule has 0 aliphatic rings. The Hall–Kier alpha value is -4.18. The van der Waals surface area contributed by atoms with Crippen LogP contribution in [0.1, 0.15) is 11.1 Å². The third-order valence-electron chi connectivity index (χ3n) is 5.35. The lowest BCUT2D eigenvalue weighted by atomic mass is 10.2. The number of nitrogens with zero attached hydrogens (tertiary/aromatic N) is 5. The molecular formula is C24H26N6O4. The average molecular weight is 463 g/mol. The van der Waals surface area contributed by atoms with Crippen molar-refractivity contribution in [2.45, 2.75) is 19.6 Å². The first-order valence-electron chi connectivity index (χ1n) is 10.7. The molecule has 0 amide bonds. The van der Waals surface area contributed by atoms with Crippen LogP contribution in [0.3, 0.4) is 0 Å². The number of fused-ring (bicyclic) bond motifs is 1. The molecule has 0 aliphatic heterocycles. The van der Waals surface area contributed by atoms with E-state index in [0.717, 1.165) is 15.7 Å². The summed E-state index contributed by atoms with van der Waals surface area (Å²) in [7, 11) is 2.94. The maximum Gasteiger partial charge on any atom is 0.332 e. The van der Waals surface area contributed by atoms with Gasteiger partial charge in [0.25, 0.3) is 5.56 Å². The van der Waals surface area contributed by atoms with E-state index in [0.29, 0.717) is 5.75 Å². The summed E-state index contributed by atoms with van der Waals surface area (Å²) in [5.74, 6) is 0.855. The standard InChI is InChI=1S/C24H26N6O4/c1-16-8-7-11-19(12-16)34-15-18(31)14-30-20-21(28(2)24(33)29(3)22(20)32)26-23(30)27-25-13-17-9-5-4-6-10-17/h4-13,18,31H,14-15H2,1-3H3,(H,26,27). The van der Waals surface area contributed by atoms with E-state index in [1.54, 1.807) is 6.21 Å². The molecule has 0 fully saturated rings. The van der Waals surface area contributed by atoms with E-state index in [2.05, 4.69) is 15.5 Å². The number of aliphatic hydroxyl groups is 1. The van der Waals surface area contributed by atoms with E-state index >= 15 is 0 Å².